The van der Waals surface area contributed by atoms with Crippen LogP contribution in [-0.2, 0) is 4.74 Å². The van der Waals surface area contributed by atoms with Crippen molar-refractivity contribution < 1.29 is 4.74 Å². The zero-order chi connectivity index (χ0) is 14.4. The average molecular weight is 403 g/mol. The van der Waals surface area contributed by atoms with Gasteiger partial charge >= 0.3 is 0 Å². The zero-order valence-corrected chi connectivity index (χ0v) is 15.2. The maximum absolute atomic E-state index is 5.93. The standard InChI is InChI=1S/C16H25N3O.HI/c1-13(14-7-4-3-5-8-14)20-12-6-11-18-16(17)19(2)15-9-10-15;/h3-5,7-8,13,15H,6,9-12H2,1-2H3,(H2,17,18);1H. The number of guanidine groups is 1. The van der Waals surface area contributed by atoms with E-state index in [0.29, 0.717) is 18.6 Å². The normalized spacial score (nSPS) is 16.2. The fourth-order valence-corrected chi connectivity index (χ4v) is 2.10. The number of nitrogens with two attached hydrogens (primary N) is 1. The molecule has 0 bridgehead atoms. The first kappa shape index (κ1) is 18.2. The van der Waals surface area contributed by atoms with Gasteiger partial charge in [-0.25, -0.2) is 0 Å². The molecule has 1 aromatic rings. The molecule has 1 atom stereocenters. The molecule has 1 saturated carbocycles. The van der Waals surface area contributed by atoms with Gasteiger partial charge < -0.3 is 15.4 Å². The van der Waals surface area contributed by atoms with Crippen molar-refractivity contribution in [1.29, 1.82) is 0 Å². The molecule has 0 amide bonds. The molecule has 2 N–H and O–H groups in total. The Kier molecular flexibility index (Phi) is 8.03. The Bertz CT molecular complexity index is 434. The predicted molar refractivity (Wildman–Crippen MR) is 98.1 cm³/mol. The van der Waals surface area contributed by atoms with Crippen LogP contribution in [0.1, 0.15) is 37.9 Å². The van der Waals surface area contributed by atoms with E-state index in [1.807, 2.05) is 25.2 Å². The molecule has 5 heteroatoms. The van der Waals surface area contributed by atoms with Crippen molar-refractivity contribution in [3.63, 3.8) is 0 Å². The van der Waals surface area contributed by atoms with E-state index in [2.05, 4.69) is 28.9 Å². The Balaban J connectivity index is 0.00000220. The van der Waals surface area contributed by atoms with Gasteiger partial charge in [-0.15, -0.1) is 24.0 Å². The van der Waals surface area contributed by atoms with E-state index in [1.54, 1.807) is 0 Å². The number of benzene rings is 1. The Morgan fingerprint density at radius 2 is 2.05 bits per heavy atom. The van der Waals surface area contributed by atoms with E-state index >= 15 is 0 Å². The Morgan fingerprint density at radius 1 is 1.38 bits per heavy atom. The molecule has 0 radical (unpaired) electrons. The molecule has 1 aromatic carbocycles. The number of nitrogens with zero attached hydrogens (tertiary/aromatic N) is 2. The molecular weight excluding hydrogens is 377 g/mol. The lowest BCUT2D eigenvalue weighted by Crippen LogP contribution is -2.35. The van der Waals surface area contributed by atoms with Gasteiger partial charge in [-0.2, -0.15) is 0 Å². The van der Waals surface area contributed by atoms with Gasteiger partial charge in [0, 0.05) is 26.2 Å². The monoisotopic (exact) mass is 403 g/mol. The van der Waals surface area contributed by atoms with Crippen LogP contribution in [0.3, 0.4) is 0 Å². The number of hydrogen-bond donors (Lipinski definition) is 1. The van der Waals surface area contributed by atoms with Gasteiger partial charge in [0.25, 0.3) is 0 Å². The number of aliphatic imine (C=N–C) groups is 1. The van der Waals surface area contributed by atoms with Crippen LogP contribution < -0.4 is 5.73 Å². The number of halogens is 1. The molecule has 2 rings (SSSR count). The summed E-state index contributed by atoms with van der Waals surface area (Å²) >= 11 is 0. The van der Waals surface area contributed by atoms with Crippen molar-refractivity contribution in [2.45, 2.75) is 38.3 Å². The summed E-state index contributed by atoms with van der Waals surface area (Å²) in [6.45, 7) is 3.51. The molecule has 1 aliphatic rings. The van der Waals surface area contributed by atoms with Crippen LogP contribution in [0, 0.1) is 0 Å². The maximum atomic E-state index is 5.93. The molecule has 1 aliphatic carbocycles. The van der Waals surface area contributed by atoms with Crippen molar-refractivity contribution in [2.75, 3.05) is 20.2 Å². The van der Waals surface area contributed by atoms with Gasteiger partial charge in [0.1, 0.15) is 0 Å². The predicted octanol–water partition coefficient (Wildman–Crippen LogP) is 3.18. The van der Waals surface area contributed by atoms with E-state index in [1.165, 1.54) is 18.4 Å². The van der Waals surface area contributed by atoms with Crippen molar-refractivity contribution >= 4 is 29.9 Å². The third kappa shape index (κ3) is 6.22. The lowest BCUT2D eigenvalue weighted by Gasteiger charge is -2.17. The summed E-state index contributed by atoms with van der Waals surface area (Å²) in [5.74, 6) is 0.656. The van der Waals surface area contributed by atoms with E-state index in [-0.39, 0.29) is 30.1 Å². The van der Waals surface area contributed by atoms with E-state index in [0.717, 1.165) is 13.0 Å². The third-order valence-electron chi connectivity index (χ3n) is 3.67. The molecule has 0 saturated heterocycles. The Hall–Kier alpha value is -0.820. The molecule has 21 heavy (non-hydrogen) atoms. The minimum atomic E-state index is 0. The van der Waals surface area contributed by atoms with Gasteiger partial charge in [-0.05, 0) is 31.7 Å². The summed E-state index contributed by atoms with van der Waals surface area (Å²) in [5, 5.41) is 0. The van der Waals surface area contributed by atoms with Crippen LogP contribution in [0.4, 0.5) is 0 Å². The highest BCUT2D eigenvalue weighted by Gasteiger charge is 2.27. The molecule has 0 heterocycles. The van der Waals surface area contributed by atoms with Crippen LogP contribution in [0.2, 0.25) is 0 Å². The molecule has 0 aliphatic heterocycles. The summed E-state index contributed by atoms with van der Waals surface area (Å²) in [4.78, 5) is 6.47. The number of ether oxygens (including phenoxy) is 1. The molecular formula is C16H26IN3O. The largest absolute Gasteiger partial charge is 0.374 e. The number of rotatable bonds is 7. The highest BCUT2D eigenvalue weighted by atomic mass is 127. The molecule has 0 spiro atoms. The highest BCUT2D eigenvalue weighted by molar-refractivity contribution is 14.0. The van der Waals surface area contributed by atoms with E-state index in [4.69, 9.17) is 10.5 Å². The summed E-state index contributed by atoms with van der Waals surface area (Å²) in [6, 6.07) is 10.9. The van der Waals surface area contributed by atoms with Crippen molar-refractivity contribution in [1.82, 2.24) is 4.90 Å². The molecule has 118 valence electrons. The van der Waals surface area contributed by atoms with E-state index < -0.39 is 0 Å². The van der Waals surface area contributed by atoms with Crippen LogP contribution in [0.25, 0.3) is 0 Å². The first-order valence-corrected chi connectivity index (χ1v) is 7.38. The summed E-state index contributed by atoms with van der Waals surface area (Å²) in [6.07, 6.45) is 3.51. The van der Waals surface area contributed by atoms with Crippen LogP contribution >= 0.6 is 24.0 Å². The first-order valence-electron chi connectivity index (χ1n) is 7.38. The second-order valence-electron chi connectivity index (χ2n) is 5.36. The first-order chi connectivity index (χ1) is 9.68. The molecule has 4 nitrogen and oxygen atoms in total. The minimum Gasteiger partial charge on any atom is -0.374 e. The molecule has 1 unspecified atom stereocenters. The number of hydrogen-bond acceptors (Lipinski definition) is 2. The highest BCUT2D eigenvalue weighted by Crippen LogP contribution is 2.24. The Morgan fingerprint density at radius 3 is 2.67 bits per heavy atom. The molecule has 1 fully saturated rings. The van der Waals surface area contributed by atoms with Gasteiger partial charge in [-0.1, -0.05) is 30.3 Å². The second kappa shape index (κ2) is 9.25. The van der Waals surface area contributed by atoms with Gasteiger partial charge in [0.15, 0.2) is 5.96 Å². The second-order valence-corrected chi connectivity index (χ2v) is 5.36. The third-order valence-corrected chi connectivity index (χ3v) is 3.67. The Labute approximate surface area is 144 Å². The zero-order valence-electron chi connectivity index (χ0n) is 12.9. The topological polar surface area (TPSA) is 50.9 Å². The molecule has 0 aromatic heterocycles. The lowest BCUT2D eigenvalue weighted by atomic mass is 10.1. The van der Waals surface area contributed by atoms with Crippen molar-refractivity contribution in [2.24, 2.45) is 10.7 Å². The maximum Gasteiger partial charge on any atom is 0.191 e. The quantitative estimate of drug-likeness (QED) is 0.329. The minimum absolute atomic E-state index is 0. The van der Waals surface area contributed by atoms with Crippen LogP contribution in [0.5, 0.6) is 0 Å². The summed E-state index contributed by atoms with van der Waals surface area (Å²) in [5.41, 5.74) is 7.14. The lowest BCUT2D eigenvalue weighted by molar-refractivity contribution is 0.0652. The fraction of sp³-hybridized carbons (Fsp3) is 0.562. The summed E-state index contributed by atoms with van der Waals surface area (Å²) in [7, 11) is 2.02. The van der Waals surface area contributed by atoms with E-state index in [9.17, 15) is 0 Å². The van der Waals surface area contributed by atoms with Gasteiger partial charge in [-0.3, -0.25) is 4.99 Å². The summed E-state index contributed by atoms with van der Waals surface area (Å²) < 4.78 is 5.81. The van der Waals surface area contributed by atoms with Crippen LogP contribution in [-0.4, -0.2) is 37.1 Å². The van der Waals surface area contributed by atoms with Crippen LogP contribution in [0.15, 0.2) is 35.3 Å². The average Bonchev–Trinajstić information content (AvgIpc) is 3.31. The van der Waals surface area contributed by atoms with Crippen molar-refractivity contribution in [3.8, 4) is 0 Å². The van der Waals surface area contributed by atoms with Gasteiger partial charge in [0.05, 0.1) is 6.10 Å². The van der Waals surface area contributed by atoms with Gasteiger partial charge in [0.2, 0.25) is 0 Å². The SMILES string of the molecule is CC(OCCCN=C(N)N(C)C1CC1)c1ccccc1.I. The smallest absolute Gasteiger partial charge is 0.191 e. The van der Waals surface area contributed by atoms with Crippen molar-refractivity contribution in [3.05, 3.63) is 35.9 Å². The fourth-order valence-electron chi connectivity index (χ4n) is 2.10.